The molecule has 4 rings (SSSR count). The van der Waals surface area contributed by atoms with Crippen LogP contribution >= 0.6 is 0 Å². The van der Waals surface area contributed by atoms with Crippen molar-refractivity contribution < 1.29 is 14.0 Å². The van der Waals surface area contributed by atoms with Gasteiger partial charge in [-0.3, -0.25) is 9.59 Å². The fourth-order valence-corrected chi connectivity index (χ4v) is 3.57. The number of amides is 2. The van der Waals surface area contributed by atoms with Crippen LogP contribution in [0.4, 0.5) is 5.69 Å². The number of hydrogen-bond acceptors (Lipinski definition) is 3. The van der Waals surface area contributed by atoms with E-state index in [9.17, 15) is 9.59 Å². The van der Waals surface area contributed by atoms with Crippen LogP contribution in [-0.2, 0) is 4.79 Å². The summed E-state index contributed by atoms with van der Waals surface area (Å²) in [5.41, 5.74) is 3.36. The standard InChI is InChI=1S/C22H22N2O3/c1-14-4-7-19(8-5-14)24-12-15(2)23(13-21(24)25)22(26)17-6-9-20-18(11-17)10-16(3)27-20/h4-11,15H,12-13H2,1-3H3. The predicted molar refractivity (Wildman–Crippen MR) is 105 cm³/mol. The van der Waals surface area contributed by atoms with E-state index in [2.05, 4.69) is 0 Å². The Kier molecular flexibility index (Phi) is 4.22. The van der Waals surface area contributed by atoms with E-state index in [0.717, 1.165) is 28.0 Å². The zero-order chi connectivity index (χ0) is 19.1. The van der Waals surface area contributed by atoms with Crippen LogP contribution in [0.2, 0.25) is 0 Å². The number of piperazine rings is 1. The lowest BCUT2D eigenvalue weighted by atomic mass is 10.1. The Labute approximate surface area is 158 Å². The van der Waals surface area contributed by atoms with E-state index in [1.807, 2.05) is 63.2 Å². The minimum Gasteiger partial charge on any atom is -0.461 e. The number of anilines is 1. The zero-order valence-electron chi connectivity index (χ0n) is 15.7. The summed E-state index contributed by atoms with van der Waals surface area (Å²) in [7, 11) is 0. The van der Waals surface area contributed by atoms with Crippen LogP contribution in [0.15, 0.2) is 52.9 Å². The van der Waals surface area contributed by atoms with Gasteiger partial charge < -0.3 is 14.2 Å². The Morgan fingerprint density at radius 1 is 1.07 bits per heavy atom. The second-order valence-electron chi connectivity index (χ2n) is 7.23. The molecule has 1 aliphatic rings. The molecule has 3 aromatic rings. The minimum atomic E-state index is -0.125. The third-order valence-corrected chi connectivity index (χ3v) is 5.08. The molecule has 2 amide bonds. The lowest BCUT2D eigenvalue weighted by Crippen LogP contribution is -2.57. The molecule has 5 heteroatoms. The number of nitrogens with zero attached hydrogens (tertiary/aromatic N) is 2. The van der Waals surface area contributed by atoms with Gasteiger partial charge in [0.2, 0.25) is 5.91 Å². The minimum absolute atomic E-state index is 0.0643. The Morgan fingerprint density at radius 2 is 1.81 bits per heavy atom. The Hall–Kier alpha value is -3.08. The summed E-state index contributed by atoms with van der Waals surface area (Å²) in [6.45, 7) is 6.44. The van der Waals surface area contributed by atoms with Crippen molar-refractivity contribution in [2.45, 2.75) is 26.8 Å². The van der Waals surface area contributed by atoms with Gasteiger partial charge in [-0.1, -0.05) is 17.7 Å². The van der Waals surface area contributed by atoms with Gasteiger partial charge in [-0.2, -0.15) is 0 Å². The van der Waals surface area contributed by atoms with Crippen LogP contribution in [-0.4, -0.2) is 35.8 Å². The molecule has 0 aliphatic carbocycles. The normalized spacial score (nSPS) is 17.6. The summed E-state index contributed by atoms with van der Waals surface area (Å²) in [5.74, 6) is 0.621. The molecule has 1 aliphatic heterocycles. The Bertz CT molecular complexity index is 1020. The number of rotatable bonds is 2. The first-order chi connectivity index (χ1) is 12.9. The summed E-state index contributed by atoms with van der Waals surface area (Å²) in [6.07, 6.45) is 0. The van der Waals surface area contributed by atoms with Crippen molar-refractivity contribution in [3.8, 4) is 0 Å². The summed E-state index contributed by atoms with van der Waals surface area (Å²) < 4.78 is 5.57. The first kappa shape index (κ1) is 17.3. The first-order valence-electron chi connectivity index (χ1n) is 9.10. The fraction of sp³-hybridized carbons (Fsp3) is 0.273. The Morgan fingerprint density at radius 3 is 2.56 bits per heavy atom. The summed E-state index contributed by atoms with van der Waals surface area (Å²) >= 11 is 0. The topological polar surface area (TPSA) is 53.8 Å². The van der Waals surface area contributed by atoms with Gasteiger partial charge in [-0.05, 0) is 57.2 Å². The average molecular weight is 362 g/mol. The molecular weight excluding hydrogens is 340 g/mol. The average Bonchev–Trinajstić information content (AvgIpc) is 3.02. The van der Waals surface area contributed by atoms with Crippen molar-refractivity contribution in [2.24, 2.45) is 0 Å². The van der Waals surface area contributed by atoms with Gasteiger partial charge in [-0.15, -0.1) is 0 Å². The Balaban J connectivity index is 1.56. The van der Waals surface area contributed by atoms with Gasteiger partial charge in [-0.25, -0.2) is 0 Å². The summed E-state index contributed by atoms with van der Waals surface area (Å²) in [6, 6.07) is 15.1. The fourth-order valence-electron chi connectivity index (χ4n) is 3.57. The SMILES string of the molecule is Cc1ccc(N2CC(C)N(C(=O)c3ccc4oc(C)cc4c3)CC2=O)cc1. The molecule has 27 heavy (non-hydrogen) atoms. The lowest BCUT2D eigenvalue weighted by molar-refractivity contribution is -0.121. The van der Waals surface area contributed by atoms with Crippen LogP contribution in [0.3, 0.4) is 0 Å². The molecule has 1 unspecified atom stereocenters. The molecule has 0 spiro atoms. The van der Waals surface area contributed by atoms with Crippen molar-refractivity contribution in [1.82, 2.24) is 4.90 Å². The van der Waals surface area contributed by atoms with Crippen LogP contribution in [0.5, 0.6) is 0 Å². The van der Waals surface area contributed by atoms with Crippen molar-refractivity contribution in [1.29, 1.82) is 0 Å². The second-order valence-corrected chi connectivity index (χ2v) is 7.23. The van der Waals surface area contributed by atoms with E-state index in [1.165, 1.54) is 0 Å². The maximum Gasteiger partial charge on any atom is 0.254 e. The van der Waals surface area contributed by atoms with Crippen molar-refractivity contribution in [3.63, 3.8) is 0 Å². The lowest BCUT2D eigenvalue weighted by Gasteiger charge is -2.39. The van der Waals surface area contributed by atoms with Gasteiger partial charge in [0, 0.05) is 29.2 Å². The number of carbonyl (C=O) groups excluding carboxylic acids is 2. The highest BCUT2D eigenvalue weighted by Gasteiger charge is 2.33. The molecule has 1 fully saturated rings. The van der Waals surface area contributed by atoms with E-state index >= 15 is 0 Å². The molecule has 0 saturated carbocycles. The summed E-state index contributed by atoms with van der Waals surface area (Å²) in [4.78, 5) is 29.1. The van der Waals surface area contributed by atoms with Crippen LogP contribution in [0.1, 0.15) is 28.6 Å². The molecule has 2 heterocycles. The molecule has 0 radical (unpaired) electrons. The highest BCUT2D eigenvalue weighted by molar-refractivity contribution is 6.03. The zero-order valence-corrected chi connectivity index (χ0v) is 15.7. The van der Waals surface area contributed by atoms with E-state index in [-0.39, 0.29) is 24.4 Å². The molecule has 0 N–H and O–H groups in total. The van der Waals surface area contributed by atoms with Crippen molar-refractivity contribution >= 4 is 28.5 Å². The number of carbonyl (C=O) groups is 2. The molecule has 1 saturated heterocycles. The quantitative estimate of drug-likeness (QED) is 0.694. The third kappa shape index (κ3) is 3.21. The van der Waals surface area contributed by atoms with Gasteiger partial charge >= 0.3 is 0 Å². The van der Waals surface area contributed by atoms with Gasteiger partial charge in [0.25, 0.3) is 5.91 Å². The second kappa shape index (κ2) is 6.58. The molecule has 1 aromatic heterocycles. The molecule has 5 nitrogen and oxygen atoms in total. The number of hydrogen-bond donors (Lipinski definition) is 0. The number of aryl methyl sites for hydroxylation is 2. The highest BCUT2D eigenvalue weighted by Crippen LogP contribution is 2.24. The number of fused-ring (bicyclic) bond motifs is 1. The molecule has 0 bridgehead atoms. The van der Waals surface area contributed by atoms with E-state index < -0.39 is 0 Å². The van der Waals surface area contributed by atoms with Crippen LogP contribution < -0.4 is 4.90 Å². The maximum atomic E-state index is 13.0. The van der Waals surface area contributed by atoms with Gasteiger partial charge in [0.05, 0.1) is 0 Å². The van der Waals surface area contributed by atoms with Crippen molar-refractivity contribution in [2.75, 3.05) is 18.0 Å². The van der Waals surface area contributed by atoms with Crippen LogP contribution in [0.25, 0.3) is 11.0 Å². The smallest absolute Gasteiger partial charge is 0.254 e. The number of furan rings is 1. The van der Waals surface area contributed by atoms with Crippen molar-refractivity contribution in [3.05, 3.63) is 65.4 Å². The maximum absolute atomic E-state index is 13.0. The summed E-state index contributed by atoms with van der Waals surface area (Å²) in [5, 5.41) is 0.899. The van der Waals surface area contributed by atoms with Crippen LogP contribution in [0, 0.1) is 13.8 Å². The van der Waals surface area contributed by atoms with E-state index in [1.54, 1.807) is 15.9 Å². The monoisotopic (exact) mass is 362 g/mol. The predicted octanol–water partition coefficient (Wildman–Crippen LogP) is 3.93. The largest absolute Gasteiger partial charge is 0.461 e. The molecule has 1 atom stereocenters. The molecule has 138 valence electrons. The van der Waals surface area contributed by atoms with Gasteiger partial charge in [0.1, 0.15) is 17.9 Å². The highest BCUT2D eigenvalue weighted by atomic mass is 16.3. The third-order valence-electron chi connectivity index (χ3n) is 5.08. The molecular formula is C22H22N2O3. The van der Waals surface area contributed by atoms with Gasteiger partial charge in [0.15, 0.2) is 0 Å². The van der Waals surface area contributed by atoms with E-state index in [4.69, 9.17) is 4.42 Å². The molecule has 2 aromatic carbocycles. The first-order valence-corrected chi connectivity index (χ1v) is 9.10. The van der Waals surface area contributed by atoms with E-state index in [0.29, 0.717) is 12.1 Å². The number of benzene rings is 2.